The van der Waals surface area contributed by atoms with Crippen LogP contribution in [0.25, 0.3) is 0 Å². The fraction of sp³-hybridized carbons (Fsp3) is 0.333. The van der Waals surface area contributed by atoms with E-state index in [4.69, 9.17) is 11.6 Å². The summed E-state index contributed by atoms with van der Waals surface area (Å²) in [5.41, 5.74) is 2.81. The minimum absolute atomic E-state index is 0.561. The van der Waals surface area contributed by atoms with Crippen LogP contribution in [0.2, 0.25) is 5.02 Å². The molecule has 1 aromatic heterocycles. The summed E-state index contributed by atoms with van der Waals surface area (Å²) < 4.78 is 0. The second kappa shape index (κ2) is 5.70. The fourth-order valence-corrected chi connectivity index (χ4v) is 2.97. The van der Waals surface area contributed by atoms with E-state index in [9.17, 15) is 0 Å². The van der Waals surface area contributed by atoms with E-state index >= 15 is 0 Å². The highest BCUT2D eigenvalue weighted by Gasteiger charge is 2.07. The van der Waals surface area contributed by atoms with Crippen molar-refractivity contribution >= 4 is 22.9 Å². The highest BCUT2D eigenvalue weighted by atomic mass is 35.5. The van der Waals surface area contributed by atoms with E-state index < -0.39 is 0 Å². The second-order valence-electron chi connectivity index (χ2n) is 4.58. The van der Waals surface area contributed by atoms with Gasteiger partial charge in [0, 0.05) is 9.90 Å². The van der Waals surface area contributed by atoms with Crippen LogP contribution in [0.15, 0.2) is 35.7 Å². The fourth-order valence-electron chi connectivity index (χ4n) is 2.07. The predicted octanol–water partition coefficient (Wildman–Crippen LogP) is 5.31. The van der Waals surface area contributed by atoms with Gasteiger partial charge in [0.2, 0.25) is 0 Å². The quantitative estimate of drug-likeness (QED) is 0.702. The van der Waals surface area contributed by atoms with Gasteiger partial charge in [0.25, 0.3) is 0 Å². The standard InChI is InChI=1S/C15H17ClS/c1-11(2)15-8-6-13(16)10-12(15)5-7-14-4-3-9-17-14/h3-4,6,8-11H,5,7H2,1-2H3. The van der Waals surface area contributed by atoms with E-state index in [0.717, 1.165) is 17.9 Å². The van der Waals surface area contributed by atoms with Gasteiger partial charge in [0.05, 0.1) is 0 Å². The van der Waals surface area contributed by atoms with E-state index in [0.29, 0.717) is 5.92 Å². The van der Waals surface area contributed by atoms with Gasteiger partial charge in [-0.25, -0.2) is 0 Å². The van der Waals surface area contributed by atoms with Gasteiger partial charge in [-0.2, -0.15) is 0 Å². The maximum Gasteiger partial charge on any atom is 0.0408 e. The molecule has 0 fully saturated rings. The van der Waals surface area contributed by atoms with Crippen LogP contribution in [0.5, 0.6) is 0 Å². The van der Waals surface area contributed by atoms with Crippen LogP contribution < -0.4 is 0 Å². The van der Waals surface area contributed by atoms with E-state index in [-0.39, 0.29) is 0 Å². The van der Waals surface area contributed by atoms with Crippen molar-refractivity contribution in [3.8, 4) is 0 Å². The molecular formula is C15H17ClS. The first-order valence-corrected chi connectivity index (χ1v) is 7.23. The molecule has 0 radical (unpaired) electrons. The van der Waals surface area contributed by atoms with Gasteiger partial charge < -0.3 is 0 Å². The Labute approximate surface area is 112 Å². The Kier molecular flexibility index (Phi) is 4.25. The monoisotopic (exact) mass is 264 g/mol. The smallest absolute Gasteiger partial charge is 0.0408 e. The van der Waals surface area contributed by atoms with Crippen molar-refractivity contribution in [2.45, 2.75) is 32.6 Å². The number of halogens is 1. The maximum atomic E-state index is 6.08. The molecule has 0 aliphatic heterocycles. The summed E-state index contributed by atoms with van der Waals surface area (Å²) in [5.74, 6) is 0.561. The molecule has 2 rings (SSSR count). The van der Waals surface area contributed by atoms with Gasteiger partial charge in [-0.05, 0) is 53.5 Å². The molecule has 1 aromatic carbocycles. The lowest BCUT2D eigenvalue weighted by molar-refractivity contribution is 0.831. The zero-order chi connectivity index (χ0) is 12.3. The molecule has 0 aliphatic rings. The van der Waals surface area contributed by atoms with Gasteiger partial charge in [-0.3, -0.25) is 0 Å². The third-order valence-corrected chi connectivity index (χ3v) is 4.12. The average molecular weight is 265 g/mol. The lowest BCUT2D eigenvalue weighted by atomic mass is 9.94. The minimum atomic E-state index is 0.561. The molecule has 0 saturated heterocycles. The summed E-state index contributed by atoms with van der Waals surface area (Å²) in [6.45, 7) is 4.47. The third-order valence-electron chi connectivity index (χ3n) is 2.95. The Morgan fingerprint density at radius 2 is 2.00 bits per heavy atom. The van der Waals surface area contributed by atoms with Crippen LogP contribution in [0, 0.1) is 0 Å². The topological polar surface area (TPSA) is 0 Å². The lowest BCUT2D eigenvalue weighted by Crippen LogP contribution is -1.98. The van der Waals surface area contributed by atoms with Crippen molar-refractivity contribution in [1.29, 1.82) is 0 Å². The zero-order valence-electron chi connectivity index (χ0n) is 10.2. The largest absolute Gasteiger partial charge is 0.149 e. The average Bonchev–Trinajstić information content (AvgIpc) is 2.78. The summed E-state index contributed by atoms with van der Waals surface area (Å²) in [5, 5.41) is 2.98. The Morgan fingerprint density at radius 1 is 1.18 bits per heavy atom. The molecular weight excluding hydrogens is 248 g/mol. The van der Waals surface area contributed by atoms with E-state index in [2.05, 4.69) is 43.5 Å². The molecule has 0 amide bonds. The maximum absolute atomic E-state index is 6.08. The van der Waals surface area contributed by atoms with Crippen molar-refractivity contribution in [3.63, 3.8) is 0 Å². The molecule has 90 valence electrons. The molecule has 0 nitrogen and oxygen atoms in total. The highest BCUT2D eigenvalue weighted by Crippen LogP contribution is 2.25. The first-order chi connectivity index (χ1) is 8.16. The first-order valence-electron chi connectivity index (χ1n) is 5.97. The summed E-state index contributed by atoms with van der Waals surface area (Å²) in [4.78, 5) is 1.44. The highest BCUT2D eigenvalue weighted by molar-refractivity contribution is 7.09. The molecule has 1 heterocycles. The van der Waals surface area contributed by atoms with Crippen LogP contribution in [0.4, 0.5) is 0 Å². The Hall–Kier alpha value is -0.790. The molecule has 0 unspecified atom stereocenters. The second-order valence-corrected chi connectivity index (χ2v) is 6.05. The number of benzene rings is 1. The Bertz CT molecular complexity index is 472. The van der Waals surface area contributed by atoms with Crippen molar-refractivity contribution < 1.29 is 0 Å². The van der Waals surface area contributed by atoms with E-state index in [1.165, 1.54) is 16.0 Å². The molecule has 2 aromatic rings. The Morgan fingerprint density at radius 3 is 2.65 bits per heavy atom. The van der Waals surface area contributed by atoms with Crippen LogP contribution in [0.3, 0.4) is 0 Å². The van der Waals surface area contributed by atoms with Gasteiger partial charge in [-0.15, -0.1) is 11.3 Å². The van der Waals surface area contributed by atoms with Gasteiger partial charge in [0.15, 0.2) is 0 Å². The summed E-state index contributed by atoms with van der Waals surface area (Å²) in [6.07, 6.45) is 2.19. The predicted molar refractivity (Wildman–Crippen MR) is 77.3 cm³/mol. The van der Waals surface area contributed by atoms with Crippen LogP contribution in [-0.2, 0) is 12.8 Å². The lowest BCUT2D eigenvalue weighted by Gasteiger charge is -2.12. The molecule has 17 heavy (non-hydrogen) atoms. The molecule has 2 heteroatoms. The Balaban J connectivity index is 2.16. The van der Waals surface area contributed by atoms with Gasteiger partial charge >= 0.3 is 0 Å². The van der Waals surface area contributed by atoms with Crippen molar-refractivity contribution in [1.82, 2.24) is 0 Å². The van der Waals surface area contributed by atoms with Crippen LogP contribution >= 0.6 is 22.9 Å². The van der Waals surface area contributed by atoms with Crippen molar-refractivity contribution in [2.24, 2.45) is 0 Å². The number of hydrogen-bond donors (Lipinski definition) is 0. The molecule has 0 spiro atoms. The molecule has 0 atom stereocenters. The van der Waals surface area contributed by atoms with Crippen molar-refractivity contribution in [2.75, 3.05) is 0 Å². The van der Waals surface area contributed by atoms with E-state index in [1.807, 2.05) is 17.4 Å². The molecule has 0 aliphatic carbocycles. The van der Waals surface area contributed by atoms with Crippen LogP contribution in [0.1, 0.15) is 35.8 Å². The number of hydrogen-bond acceptors (Lipinski definition) is 1. The minimum Gasteiger partial charge on any atom is -0.149 e. The van der Waals surface area contributed by atoms with E-state index in [1.54, 1.807) is 0 Å². The SMILES string of the molecule is CC(C)c1ccc(Cl)cc1CCc1cccs1. The molecule has 0 bridgehead atoms. The van der Waals surface area contributed by atoms with Gasteiger partial charge in [0.1, 0.15) is 0 Å². The normalized spacial score (nSPS) is 11.1. The van der Waals surface area contributed by atoms with Gasteiger partial charge in [-0.1, -0.05) is 37.6 Å². The summed E-state index contributed by atoms with van der Waals surface area (Å²) in [6, 6.07) is 10.6. The summed E-state index contributed by atoms with van der Waals surface area (Å²) >= 11 is 7.91. The molecule has 0 saturated carbocycles. The van der Waals surface area contributed by atoms with Crippen molar-refractivity contribution in [3.05, 3.63) is 56.7 Å². The van der Waals surface area contributed by atoms with Crippen LogP contribution in [-0.4, -0.2) is 0 Å². The summed E-state index contributed by atoms with van der Waals surface area (Å²) in [7, 11) is 0. The zero-order valence-corrected chi connectivity index (χ0v) is 11.8. The molecule has 0 N–H and O–H groups in total. The first kappa shape index (κ1) is 12.7. The number of thiophene rings is 1. The number of aryl methyl sites for hydroxylation is 2. The third kappa shape index (κ3) is 3.34. The number of rotatable bonds is 4.